The molecular weight excluding hydrogens is 284 g/mol. The van der Waals surface area contributed by atoms with Crippen LogP contribution < -0.4 is 0 Å². The van der Waals surface area contributed by atoms with Gasteiger partial charge in [-0.1, -0.05) is 30.3 Å². The fourth-order valence-electron chi connectivity index (χ4n) is 3.24. The Bertz CT molecular complexity index is 475. The molecule has 1 aliphatic heterocycles. The fourth-order valence-corrected chi connectivity index (χ4v) is 3.40. The number of likely N-dealkylation sites (tertiary alicyclic amines) is 1. The van der Waals surface area contributed by atoms with Crippen molar-refractivity contribution in [3.05, 3.63) is 35.9 Å². The Hall–Kier alpha value is -1.06. The molecular formula is C17H23ClN2O. The van der Waals surface area contributed by atoms with Crippen molar-refractivity contribution in [2.24, 2.45) is 5.92 Å². The predicted octanol–water partition coefficient (Wildman–Crippen LogP) is 2.74. The van der Waals surface area contributed by atoms with Crippen molar-refractivity contribution in [1.29, 1.82) is 0 Å². The lowest BCUT2D eigenvalue weighted by Gasteiger charge is -2.25. The molecule has 21 heavy (non-hydrogen) atoms. The van der Waals surface area contributed by atoms with E-state index in [0.717, 1.165) is 39.0 Å². The molecule has 2 aliphatic rings. The second-order valence-corrected chi connectivity index (χ2v) is 6.55. The zero-order valence-electron chi connectivity index (χ0n) is 12.4. The van der Waals surface area contributed by atoms with Crippen molar-refractivity contribution in [2.75, 3.05) is 25.5 Å². The lowest BCUT2D eigenvalue weighted by molar-refractivity contribution is -0.129. The van der Waals surface area contributed by atoms with Gasteiger partial charge in [-0.3, -0.25) is 9.69 Å². The van der Waals surface area contributed by atoms with Gasteiger partial charge in [0.25, 0.3) is 0 Å². The number of hydrogen-bond acceptors (Lipinski definition) is 2. The molecule has 1 aliphatic carbocycles. The Labute approximate surface area is 131 Å². The highest BCUT2D eigenvalue weighted by atomic mass is 35.5. The minimum Gasteiger partial charge on any atom is -0.338 e. The summed E-state index contributed by atoms with van der Waals surface area (Å²) in [4.78, 5) is 16.5. The molecule has 0 unspecified atom stereocenters. The molecule has 1 saturated carbocycles. The number of nitrogens with zero attached hydrogens (tertiary/aromatic N) is 2. The van der Waals surface area contributed by atoms with E-state index in [1.807, 2.05) is 4.90 Å². The topological polar surface area (TPSA) is 23.6 Å². The number of halogens is 1. The summed E-state index contributed by atoms with van der Waals surface area (Å²) in [5, 5.41) is 0. The summed E-state index contributed by atoms with van der Waals surface area (Å²) in [6.07, 6.45) is 3.50. The average Bonchev–Trinajstić information content (AvgIpc) is 3.26. The molecule has 0 spiro atoms. The molecule has 0 bridgehead atoms. The number of hydrogen-bond donors (Lipinski definition) is 0. The molecule has 0 N–H and O–H groups in total. The van der Waals surface area contributed by atoms with E-state index in [4.69, 9.17) is 11.6 Å². The maximum absolute atomic E-state index is 11.9. The van der Waals surface area contributed by atoms with E-state index >= 15 is 0 Å². The summed E-state index contributed by atoms with van der Waals surface area (Å²) in [6.45, 7) is 4.13. The largest absolute Gasteiger partial charge is 0.338 e. The highest BCUT2D eigenvalue weighted by molar-refractivity contribution is 6.27. The van der Waals surface area contributed by atoms with Crippen molar-refractivity contribution in [3.63, 3.8) is 0 Å². The molecule has 1 aromatic rings. The summed E-state index contributed by atoms with van der Waals surface area (Å²) in [5.74, 6) is 0.832. The highest BCUT2D eigenvalue weighted by Crippen LogP contribution is 2.29. The quantitative estimate of drug-likeness (QED) is 0.755. The third-order valence-corrected chi connectivity index (χ3v) is 4.72. The number of carbonyl (C=O) groups excluding carboxylic acids is 1. The molecule has 1 saturated heterocycles. The predicted molar refractivity (Wildman–Crippen MR) is 85.3 cm³/mol. The highest BCUT2D eigenvalue weighted by Gasteiger charge is 2.35. The van der Waals surface area contributed by atoms with Crippen molar-refractivity contribution in [1.82, 2.24) is 9.80 Å². The van der Waals surface area contributed by atoms with Crippen LogP contribution in [0.25, 0.3) is 0 Å². The zero-order valence-corrected chi connectivity index (χ0v) is 13.1. The first-order valence-corrected chi connectivity index (χ1v) is 8.41. The van der Waals surface area contributed by atoms with Crippen LogP contribution in [-0.2, 0) is 11.3 Å². The van der Waals surface area contributed by atoms with E-state index in [0.29, 0.717) is 12.0 Å². The van der Waals surface area contributed by atoms with E-state index in [9.17, 15) is 4.79 Å². The normalized spacial score (nSPS) is 22.4. The maximum atomic E-state index is 11.9. The summed E-state index contributed by atoms with van der Waals surface area (Å²) in [5.41, 5.74) is 1.37. The molecule has 1 aromatic carbocycles. The van der Waals surface area contributed by atoms with Gasteiger partial charge in [-0.25, -0.2) is 0 Å². The standard InChI is InChI=1S/C17H23ClN2O/c18-10-17(21)20(16-6-7-16)13-15-8-9-19(12-15)11-14-4-2-1-3-5-14/h1-5,15-16H,6-13H2/t15-/m1/s1. The SMILES string of the molecule is O=C(CCl)N(C[C@@H]1CCN(Cc2ccccc2)C1)C1CC1. The van der Waals surface area contributed by atoms with Gasteiger partial charge >= 0.3 is 0 Å². The zero-order chi connectivity index (χ0) is 14.7. The minimum atomic E-state index is 0.112. The summed E-state index contributed by atoms with van der Waals surface area (Å²) in [7, 11) is 0. The first-order chi connectivity index (χ1) is 10.3. The van der Waals surface area contributed by atoms with Crippen LogP contribution in [0.4, 0.5) is 0 Å². The van der Waals surface area contributed by atoms with Gasteiger partial charge in [0.2, 0.25) is 5.91 Å². The van der Waals surface area contributed by atoms with Crippen LogP contribution in [0.15, 0.2) is 30.3 Å². The van der Waals surface area contributed by atoms with Gasteiger partial charge in [0, 0.05) is 25.7 Å². The number of rotatable bonds is 6. The number of amides is 1. The average molecular weight is 307 g/mol. The summed E-state index contributed by atoms with van der Waals surface area (Å²) in [6, 6.07) is 11.1. The van der Waals surface area contributed by atoms with Crippen LogP contribution in [0.1, 0.15) is 24.8 Å². The van der Waals surface area contributed by atoms with Crippen molar-refractivity contribution in [2.45, 2.75) is 31.8 Å². The van der Waals surface area contributed by atoms with E-state index in [2.05, 4.69) is 35.2 Å². The monoisotopic (exact) mass is 306 g/mol. The molecule has 3 rings (SSSR count). The van der Waals surface area contributed by atoms with Gasteiger partial charge in [0.1, 0.15) is 5.88 Å². The van der Waals surface area contributed by atoms with Gasteiger partial charge in [-0.15, -0.1) is 11.6 Å². The molecule has 0 radical (unpaired) electrons. The number of alkyl halides is 1. The smallest absolute Gasteiger partial charge is 0.237 e. The minimum absolute atomic E-state index is 0.112. The van der Waals surface area contributed by atoms with E-state index in [1.165, 1.54) is 12.0 Å². The summed E-state index contributed by atoms with van der Waals surface area (Å²) < 4.78 is 0. The Balaban J connectivity index is 1.51. The van der Waals surface area contributed by atoms with Crippen LogP contribution >= 0.6 is 11.6 Å². The van der Waals surface area contributed by atoms with Crippen LogP contribution in [0.3, 0.4) is 0 Å². The van der Waals surface area contributed by atoms with Crippen molar-refractivity contribution < 1.29 is 4.79 Å². The fraction of sp³-hybridized carbons (Fsp3) is 0.588. The number of benzene rings is 1. The first kappa shape index (κ1) is 14.9. The van der Waals surface area contributed by atoms with Gasteiger partial charge in [-0.2, -0.15) is 0 Å². The third kappa shape index (κ3) is 3.98. The molecule has 4 heteroatoms. The first-order valence-electron chi connectivity index (χ1n) is 7.88. The molecule has 1 amide bonds. The molecule has 0 aromatic heterocycles. The third-order valence-electron chi connectivity index (χ3n) is 4.50. The molecule has 1 atom stereocenters. The molecule has 1 heterocycles. The molecule has 2 fully saturated rings. The second kappa shape index (κ2) is 6.80. The maximum Gasteiger partial charge on any atom is 0.237 e. The van der Waals surface area contributed by atoms with Gasteiger partial charge < -0.3 is 4.90 Å². The Morgan fingerprint density at radius 2 is 2.00 bits per heavy atom. The Morgan fingerprint density at radius 1 is 1.24 bits per heavy atom. The van der Waals surface area contributed by atoms with Gasteiger partial charge in [0.05, 0.1) is 0 Å². The summed E-state index contributed by atoms with van der Waals surface area (Å²) >= 11 is 5.74. The van der Waals surface area contributed by atoms with Crippen molar-refractivity contribution in [3.8, 4) is 0 Å². The van der Waals surface area contributed by atoms with Crippen LogP contribution in [0, 0.1) is 5.92 Å². The molecule has 3 nitrogen and oxygen atoms in total. The van der Waals surface area contributed by atoms with Crippen LogP contribution in [0.5, 0.6) is 0 Å². The van der Waals surface area contributed by atoms with Gasteiger partial charge in [-0.05, 0) is 37.3 Å². The number of carbonyl (C=O) groups is 1. The molecule has 114 valence electrons. The van der Waals surface area contributed by atoms with E-state index in [-0.39, 0.29) is 11.8 Å². The van der Waals surface area contributed by atoms with E-state index < -0.39 is 0 Å². The van der Waals surface area contributed by atoms with Gasteiger partial charge in [0.15, 0.2) is 0 Å². The Morgan fingerprint density at radius 3 is 2.67 bits per heavy atom. The van der Waals surface area contributed by atoms with Crippen molar-refractivity contribution >= 4 is 17.5 Å². The lowest BCUT2D eigenvalue weighted by Crippen LogP contribution is -2.38. The lowest BCUT2D eigenvalue weighted by atomic mass is 10.1. The van der Waals surface area contributed by atoms with E-state index in [1.54, 1.807) is 0 Å². The second-order valence-electron chi connectivity index (χ2n) is 6.29. The van der Waals surface area contributed by atoms with Crippen LogP contribution in [0.2, 0.25) is 0 Å². The van der Waals surface area contributed by atoms with Crippen LogP contribution in [-0.4, -0.2) is 47.3 Å². The Kier molecular flexibility index (Phi) is 4.81.